The molecule has 0 saturated carbocycles. The van der Waals surface area contributed by atoms with E-state index in [1.54, 1.807) is 6.07 Å². The van der Waals surface area contributed by atoms with Crippen molar-refractivity contribution >= 4 is 0 Å². The highest BCUT2D eigenvalue weighted by molar-refractivity contribution is 5.27. The van der Waals surface area contributed by atoms with Gasteiger partial charge in [-0.2, -0.15) is 0 Å². The fourth-order valence-electron chi connectivity index (χ4n) is 2.05. The van der Waals surface area contributed by atoms with E-state index in [1.807, 2.05) is 38.8 Å². The Hall–Kier alpha value is -0.970. The molecule has 108 valence electrons. The smallest absolute Gasteiger partial charge is 0.128 e. The van der Waals surface area contributed by atoms with Gasteiger partial charge >= 0.3 is 0 Å². The van der Waals surface area contributed by atoms with Crippen LogP contribution in [0.15, 0.2) is 18.2 Å². The Kier molecular flexibility index (Phi) is 6.42. The van der Waals surface area contributed by atoms with Crippen molar-refractivity contribution in [1.29, 1.82) is 0 Å². The fraction of sp³-hybridized carbons (Fsp3) is 0.600. The highest BCUT2D eigenvalue weighted by Crippen LogP contribution is 2.22. The molecule has 0 bridgehead atoms. The molecule has 0 radical (unpaired) electrons. The second-order valence-electron chi connectivity index (χ2n) is 5.18. The van der Waals surface area contributed by atoms with Gasteiger partial charge in [-0.15, -0.1) is 0 Å². The SMILES string of the molecule is Cc1ccc(F)c(C(CN)N(C)CCOC(C)C)c1. The summed E-state index contributed by atoms with van der Waals surface area (Å²) in [5.74, 6) is -0.197. The van der Waals surface area contributed by atoms with Crippen molar-refractivity contribution in [2.75, 3.05) is 26.7 Å². The molecule has 19 heavy (non-hydrogen) atoms. The van der Waals surface area contributed by atoms with E-state index in [1.165, 1.54) is 6.07 Å². The molecule has 1 atom stereocenters. The molecule has 0 aliphatic heterocycles. The Morgan fingerprint density at radius 2 is 2.05 bits per heavy atom. The third kappa shape index (κ3) is 4.90. The minimum absolute atomic E-state index is 0.115. The number of hydrogen-bond donors (Lipinski definition) is 1. The lowest BCUT2D eigenvalue weighted by Gasteiger charge is -2.28. The topological polar surface area (TPSA) is 38.5 Å². The van der Waals surface area contributed by atoms with E-state index in [9.17, 15) is 4.39 Å². The van der Waals surface area contributed by atoms with Crippen LogP contribution in [0, 0.1) is 12.7 Å². The van der Waals surface area contributed by atoms with Gasteiger partial charge in [-0.1, -0.05) is 17.7 Å². The normalized spacial score (nSPS) is 13.3. The summed E-state index contributed by atoms with van der Waals surface area (Å²) in [6.07, 6.45) is 0.209. The van der Waals surface area contributed by atoms with Crippen molar-refractivity contribution in [3.63, 3.8) is 0 Å². The Balaban J connectivity index is 2.73. The monoisotopic (exact) mass is 268 g/mol. The molecule has 1 aromatic carbocycles. The predicted octanol–water partition coefficient (Wildman–Crippen LogP) is 2.49. The molecule has 0 aliphatic carbocycles. The Bertz CT molecular complexity index is 396. The molecule has 0 aliphatic rings. The lowest BCUT2D eigenvalue weighted by Crippen LogP contribution is -2.34. The molecule has 0 saturated heterocycles. The van der Waals surface area contributed by atoms with Crippen LogP contribution in [0.5, 0.6) is 0 Å². The highest BCUT2D eigenvalue weighted by Gasteiger charge is 2.19. The first-order valence-corrected chi connectivity index (χ1v) is 6.73. The van der Waals surface area contributed by atoms with E-state index in [0.717, 1.165) is 12.1 Å². The highest BCUT2D eigenvalue weighted by atomic mass is 19.1. The van der Waals surface area contributed by atoms with Crippen LogP contribution in [0.1, 0.15) is 31.0 Å². The molecule has 1 aromatic rings. The number of aryl methyl sites for hydroxylation is 1. The number of rotatable bonds is 7. The Labute approximate surface area is 115 Å². The first kappa shape index (κ1) is 16.1. The zero-order valence-electron chi connectivity index (χ0n) is 12.3. The summed E-state index contributed by atoms with van der Waals surface area (Å²) in [5.41, 5.74) is 7.51. The minimum atomic E-state index is -0.197. The maximum Gasteiger partial charge on any atom is 0.128 e. The van der Waals surface area contributed by atoms with Crippen molar-refractivity contribution in [3.05, 3.63) is 35.1 Å². The van der Waals surface area contributed by atoms with E-state index < -0.39 is 0 Å². The van der Waals surface area contributed by atoms with Crippen LogP contribution in [0.3, 0.4) is 0 Å². The molecule has 0 aromatic heterocycles. The average Bonchev–Trinajstić information content (AvgIpc) is 2.34. The van der Waals surface area contributed by atoms with Gasteiger partial charge in [0.05, 0.1) is 12.7 Å². The lowest BCUT2D eigenvalue weighted by atomic mass is 10.0. The molecule has 0 fully saturated rings. The largest absolute Gasteiger partial charge is 0.377 e. The first-order valence-electron chi connectivity index (χ1n) is 6.73. The maximum absolute atomic E-state index is 13.9. The van der Waals surface area contributed by atoms with Crippen molar-refractivity contribution in [3.8, 4) is 0 Å². The third-order valence-corrected chi connectivity index (χ3v) is 3.16. The molecular formula is C15H25FN2O. The fourth-order valence-corrected chi connectivity index (χ4v) is 2.05. The van der Waals surface area contributed by atoms with Gasteiger partial charge in [0.1, 0.15) is 5.82 Å². The van der Waals surface area contributed by atoms with Crippen LogP contribution in [0.25, 0.3) is 0 Å². The van der Waals surface area contributed by atoms with E-state index in [-0.39, 0.29) is 18.0 Å². The molecule has 3 nitrogen and oxygen atoms in total. The second kappa shape index (κ2) is 7.58. The van der Waals surface area contributed by atoms with Crippen LogP contribution in [-0.2, 0) is 4.74 Å². The van der Waals surface area contributed by atoms with Crippen molar-refractivity contribution < 1.29 is 9.13 Å². The molecule has 1 rings (SSSR count). The molecule has 1 unspecified atom stereocenters. The zero-order chi connectivity index (χ0) is 14.4. The number of halogens is 1. The van der Waals surface area contributed by atoms with Crippen molar-refractivity contribution in [1.82, 2.24) is 4.90 Å². The third-order valence-electron chi connectivity index (χ3n) is 3.16. The lowest BCUT2D eigenvalue weighted by molar-refractivity contribution is 0.0561. The number of ether oxygens (including phenoxy) is 1. The van der Waals surface area contributed by atoms with Gasteiger partial charge in [-0.3, -0.25) is 4.90 Å². The zero-order valence-corrected chi connectivity index (χ0v) is 12.3. The van der Waals surface area contributed by atoms with Gasteiger partial charge in [0.2, 0.25) is 0 Å². The second-order valence-corrected chi connectivity index (χ2v) is 5.18. The Morgan fingerprint density at radius 3 is 2.63 bits per heavy atom. The molecule has 0 spiro atoms. The van der Waals surface area contributed by atoms with Crippen molar-refractivity contribution in [2.45, 2.75) is 32.9 Å². The van der Waals surface area contributed by atoms with Gasteiger partial charge in [0.15, 0.2) is 0 Å². The minimum Gasteiger partial charge on any atom is -0.377 e. The molecule has 4 heteroatoms. The van der Waals surface area contributed by atoms with Crippen LogP contribution in [0.4, 0.5) is 4.39 Å². The van der Waals surface area contributed by atoms with Crippen LogP contribution in [-0.4, -0.2) is 37.7 Å². The number of likely N-dealkylation sites (N-methyl/N-ethyl adjacent to an activating group) is 1. The maximum atomic E-state index is 13.9. The number of nitrogens with zero attached hydrogens (tertiary/aromatic N) is 1. The van der Waals surface area contributed by atoms with Gasteiger partial charge in [-0.05, 0) is 33.9 Å². The van der Waals surface area contributed by atoms with Gasteiger partial charge in [-0.25, -0.2) is 4.39 Å². The van der Waals surface area contributed by atoms with E-state index in [4.69, 9.17) is 10.5 Å². The Morgan fingerprint density at radius 1 is 1.37 bits per heavy atom. The number of nitrogens with two attached hydrogens (primary N) is 1. The quantitative estimate of drug-likeness (QED) is 0.825. The predicted molar refractivity (Wildman–Crippen MR) is 76.7 cm³/mol. The first-order chi connectivity index (χ1) is 8.95. The van der Waals surface area contributed by atoms with Crippen molar-refractivity contribution in [2.24, 2.45) is 5.73 Å². The van der Waals surface area contributed by atoms with Crippen LogP contribution < -0.4 is 5.73 Å². The molecule has 2 N–H and O–H groups in total. The summed E-state index contributed by atoms with van der Waals surface area (Å²) < 4.78 is 19.4. The number of hydrogen-bond acceptors (Lipinski definition) is 3. The standard InChI is InChI=1S/C15H25FN2O/c1-11(2)19-8-7-18(4)15(10-17)13-9-12(3)5-6-14(13)16/h5-6,9,11,15H,7-8,10,17H2,1-4H3. The van der Waals surface area contributed by atoms with E-state index in [2.05, 4.69) is 0 Å². The van der Waals surface area contributed by atoms with E-state index >= 15 is 0 Å². The molecule has 0 amide bonds. The summed E-state index contributed by atoms with van der Waals surface area (Å²) >= 11 is 0. The molecular weight excluding hydrogens is 243 g/mol. The molecule has 0 heterocycles. The average molecular weight is 268 g/mol. The summed E-state index contributed by atoms with van der Waals surface area (Å²) in [5, 5.41) is 0. The number of benzene rings is 1. The van der Waals surface area contributed by atoms with Gasteiger partial charge in [0, 0.05) is 24.7 Å². The van der Waals surface area contributed by atoms with Gasteiger partial charge < -0.3 is 10.5 Å². The van der Waals surface area contributed by atoms with E-state index in [0.29, 0.717) is 18.7 Å². The summed E-state index contributed by atoms with van der Waals surface area (Å²) in [6.45, 7) is 7.70. The van der Waals surface area contributed by atoms with Gasteiger partial charge in [0.25, 0.3) is 0 Å². The summed E-state index contributed by atoms with van der Waals surface area (Å²) in [7, 11) is 1.95. The summed E-state index contributed by atoms with van der Waals surface area (Å²) in [4.78, 5) is 2.04. The summed E-state index contributed by atoms with van der Waals surface area (Å²) in [6, 6.07) is 5.03. The van der Waals surface area contributed by atoms with Crippen LogP contribution in [0.2, 0.25) is 0 Å². The van der Waals surface area contributed by atoms with Crippen LogP contribution >= 0.6 is 0 Å².